The molecule has 0 aromatic rings. The fraction of sp³-hybridized carbons (Fsp3) is 0.333. The standard InChI is InChI=1S/C3H4S5/c1-2-4-6-8-7-5-3-1/h1-2H,3H2. The Morgan fingerprint density at radius 2 is 2.12 bits per heavy atom. The van der Waals surface area contributed by atoms with Crippen molar-refractivity contribution in [2.24, 2.45) is 0 Å². The molecular formula is C3H4S5. The van der Waals surface area contributed by atoms with Crippen molar-refractivity contribution in [2.75, 3.05) is 5.75 Å². The van der Waals surface area contributed by atoms with Crippen molar-refractivity contribution in [2.45, 2.75) is 0 Å². The van der Waals surface area contributed by atoms with Gasteiger partial charge in [-0.05, 0) is 34.9 Å². The zero-order valence-corrected chi connectivity index (χ0v) is 7.99. The second kappa shape index (κ2) is 5.29. The molecule has 0 spiro atoms. The van der Waals surface area contributed by atoms with Crippen molar-refractivity contribution in [3.05, 3.63) is 11.5 Å². The van der Waals surface area contributed by atoms with E-state index in [2.05, 4.69) is 11.5 Å². The first-order valence-electron chi connectivity index (χ1n) is 1.93. The highest BCUT2D eigenvalue weighted by atomic mass is 33.8. The van der Waals surface area contributed by atoms with E-state index in [1.807, 2.05) is 40.3 Å². The molecule has 0 nitrogen and oxygen atoms in total. The Hall–Kier alpha value is 1.49. The molecule has 1 aliphatic rings. The van der Waals surface area contributed by atoms with Gasteiger partial charge in [0.05, 0.1) is 0 Å². The normalized spacial score (nSPS) is 22.0. The van der Waals surface area contributed by atoms with Gasteiger partial charge in [0.2, 0.25) is 0 Å². The Balaban J connectivity index is 2.17. The average molecular weight is 200 g/mol. The Morgan fingerprint density at radius 3 is 3.12 bits per heavy atom. The van der Waals surface area contributed by atoms with Crippen LogP contribution in [0.4, 0.5) is 0 Å². The summed E-state index contributed by atoms with van der Waals surface area (Å²) in [5.41, 5.74) is 0. The summed E-state index contributed by atoms with van der Waals surface area (Å²) in [6.07, 6.45) is 2.19. The van der Waals surface area contributed by atoms with Crippen molar-refractivity contribution in [1.29, 1.82) is 0 Å². The summed E-state index contributed by atoms with van der Waals surface area (Å²) < 4.78 is 0. The fourth-order valence-corrected chi connectivity index (χ4v) is 8.07. The number of rotatable bonds is 0. The molecule has 46 valence electrons. The van der Waals surface area contributed by atoms with Crippen molar-refractivity contribution < 1.29 is 0 Å². The molecule has 0 N–H and O–H groups in total. The Morgan fingerprint density at radius 1 is 1.12 bits per heavy atom. The molecule has 0 aliphatic carbocycles. The molecule has 0 aromatic heterocycles. The molecule has 0 bridgehead atoms. The molecular weight excluding hydrogens is 196 g/mol. The third-order valence-corrected chi connectivity index (χ3v) is 8.55. The van der Waals surface area contributed by atoms with Crippen LogP contribution in [0.15, 0.2) is 11.5 Å². The second-order valence-electron chi connectivity index (χ2n) is 0.957. The molecule has 0 saturated carbocycles. The van der Waals surface area contributed by atoms with Gasteiger partial charge in [-0.25, -0.2) is 0 Å². The summed E-state index contributed by atoms with van der Waals surface area (Å²) in [5, 5.41) is 2.14. The van der Waals surface area contributed by atoms with Crippen LogP contribution < -0.4 is 0 Å². The molecule has 8 heavy (non-hydrogen) atoms. The maximum absolute atomic E-state index is 2.19. The van der Waals surface area contributed by atoms with E-state index in [4.69, 9.17) is 0 Å². The molecule has 0 unspecified atom stereocenters. The van der Waals surface area contributed by atoms with Gasteiger partial charge in [-0.3, -0.25) is 0 Å². The van der Waals surface area contributed by atoms with Crippen molar-refractivity contribution in [1.82, 2.24) is 0 Å². The summed E-state index contributed by atoms with van der Waals surface area (Å²) >= 11 is 0. The van der Waals surface area contributed by atoms with Crippen LogP contribution in [0.25, 0.3) is 0 Å². The summed E-state index contributed by atoms with van der Waals surface area (Å²) in [4.78, 5) is 0. The van der Waals surface area contributed by atoms with E-state index in [0.29, 0.717) is 0 Å². The van der Waals surface area contributed by atoms with E-state index in [9.17, 15) is 0 Å². The van der Waals surface area contributed by atoms with Crippen molar-refractivity contribution in [3.63, 3.8) is 0 Å². The molecule has 0 radical (unpaired) electrons. The zero-order valence-electron chi connectivity index (χ0n) is 3.90. The van der Waals surface area contributed by atoms with Crippen molar-refractivity contribution >= 4 is 51.1 Å². The third kappa shape index (κ3) is 3.50. The number of hydrogen-bond donors (Lipinski definition) is 0. The van der Waals surface area contributed by atoms with Crippen LogP contribution in [0.3, 0.4) is 0 Å². The lowest BCUT2D eigenvalue weighted by Gasteiger charge is -1.97. The lowest BCUT2D eigenvalue weighted by atomic mass is 10.8. The van der Waals surface area contributed by atoms with Crippen LogP contribution in [-0.2, 0) is 0 Å². The molecule has 0 amide bonds. The first-order valence-corrected chi connectivity index (χ1v) is 8.31. The van der Waals surface area contributed by atoms with E-state index >= 15 is 0 Å². The second-order valence-corrected chi connectivity index (χ2v) is 8.58. The Labute approximate surface area is 68.0 Å². The van der Waals surface area contributed by atoms with Gasteiger partial charge in [0.25, 0.3) is 0 Å². The molecule has 1 aliphatic heterocycles. The van der Waals surface area contributed by atoms with Gasteiger partial charge in [-0.2, -0.15) is 0 Å². The van der Waals surface area contributed by atoms with Crippen LogP contribution in [-0.4, -0.2) is 5.75 Å². The smallest absolute Gasteiger partial charge is 0.0234 e. The molecule has 1 rings (SSSR count). The first-order chi connectivity index (χ1) is 4.00. The fourth-order valence-electron chi connectivity index (χ4n) is 0.215. The Kier molecular flexibility index (Phi) is 5.02. The maximum atomic E-state index is 2.19. The monoisotopic (exact) mass is 200 g/mol. The minimum absolute atomic E-state index is 1.14. The minimum atomic E-state index is 1.14. The SMILES string of the molecule is C1=CSSSSSC1. The van der Waals surface area contributed by atoms with E-state index in [-0.39, 0.29) is 0 Å². The minimum Gasteiger partial charge on any atom is -0.0775 e. The van der Waals surface area contributed by atoms with Crippen LogP contribution in [0.5, 0.6) is 0 Å². The van der Waals surface area contributed by atoms with Crippen LogP contribution in [0.2, 0.25) is 0 Å². The van der Waals surface area contributed by atoms with E-state index in [1.165, 1.54) is 0 Å². The quantitative estimate of drug-likeness (QED) is 0.543. The van der Waals surface area contributed by atoms with Crippen molar-refractivity contribution in [3.8, 4) is 0 Å². The largest absolute Gasteiger partial charge is 0.0775 e. The summed E-state index contributed by atoms with van der Waals surface area (Å²) in [6, 6.07) is 0. The van der Waals surface area contributed by atoms with Crippen LogP contribution in [0.1, 0.15) is 0 Å². The predicted molar refractivity (Wildman–Crippen MR) is 52.0 cm³/mol. The van der Waals surface area contributed by atoms with Gasteiger partial charge >= 0.3 is 0 Å². The van der Waals surface area contributed by atoms with E-state index in [1.54, 1.807) is 10.8 Å². The van der Waals surface area contributed by atoms with Gasteiger partial charge in [-0.1, -0.05) is 27.7 Å². The van der Waals surface area contributed by atoms with Crippen LogP contribution in [0, 0.1) is 0 Å². The van der Waals surface area contributed by atoms with Gasteiger partial charge in [0, 0.05) is 5.75 Å². The lowest BCUT2D eigenvalue weighted by molar-refractivity contribution is 1.83. The average Bonchev–Trinajstić information content (AvgIpc) is 1.62. The zero-order chi connectivity index (χ0) is 5.66. The predicted octanol–water partition coefficient (Wildman–Crippen LogP) is 3.84. The molecule has 1 heterocycles. The van der Waals surface area contributed by atoms with Gasteiger partial charge < -0.3 is 0 Å². The molecule has 0 saturated heterocycles. The molecule has 5 heteroatoms. The maximum Gasteiger partial charge on any atom is 0.0234 e. The van der Waals surface area contributed by atoms with E-state index < -0.39 is 0 Å². The lowest BCUT2D eigenvalue weighted by Crippen LogP contribution is -1.61. The molecule has 0 atom stereocenters. The molecule has 0 aromatic carbocycles. The first kappa shape index (κ1) is 7.60. The van der Waals surface area contributed by atoms with E-state index in [0.717, 1.165) is 5.75 Å². The highest BCUT2D eigenvalue weighted by Gasteiger charge is 1.92. The number of hydrogen-bond acceptors (Lipinski definition) is 5. The van der Waals surface area contributed by atoms with Gasteiger partial charge in [0.1, 0.15) is 0 Å². The third-order valence-electron chi connectivity index (χ3n) is 0.459. The highest BCUT2D eigenvalue weighted by molar-refractivity contribution is 9.36. The van der Waals surface area contributed by atoms with Crippen LogP contribution >= 0.6 is 51.1 Å². The van der Waals surface area contributed by atoms with Gasteiger partial charge in [0.15, 0.2) is 0 Å². The molecule has 0 fully saturated rings. The summed E-state index contributed by atoms with van der Waals surface area (Å²) in [6.45, 7) is 0. The highest BCUT2D eigenvalue weighted by Crippen LogP contribution is 2.50. The topological polar surface area (TPSA) is 0 Å². The van der Waals surface area contributed by atoms with Gasteiger partial charge in [-0.15, -0.1) is 0 Å². The summed E-state index contributed by atoms with van der Waals surface area (Å²) in [7, 11) is 9.19. The Bertz CT molecular complexity index is 69.7. The summed E-state index contributed by atoms with van der Waals surface area (Å²) in [5.74, 6) is 1.14.